The van der Waals surface area contributed by atoms with Crippen LogP contribution in [0.2, 0.25) is 0 Å². The molecule has 3 aromatic carbocycles. The quantitative estimate of drug-likeness (QED) is 0.224. The number of benzene rings is 3. The van der Waals surface area contributed by atoms with Crippen molar-refractivity contribution in [2.45, 2.75) is 0 Å². The van der Waals surface area contributed by atoms with E-state index in [4.69, 9.17) is 0 Å². The minimum absolute atomic E-state index is 0.113. The topological polar surface area (TPSA) is 90.8 Å². The van der Waals surface area contributed by atoms with Crippen molar-refractivity contribution in [3.8, 4) is 5.75 Å². The highest BCUT2D eigenvalue weighted by Crippen LogP contribution is 2.25. The van der Waals surface area contributed by atoms with Gasteiger partial charge in [-0.15, -0.1) is 0 Å². The molecule has 0 atom stereocenters. The standard InChI is InChI=1S/C21H15I2N3O3/c22-16-10-15(19(27)18(23)11-16)12-24-26-21(29)14-6-8-17(9-7-14)25-20(28)13-4-2-1-3-5-13/h1-12,27H,(H,25,28)(H,26,29)/b24-12+. The minimum atomic E-state index is -0.401. The Bertz CT molecular complexity index is 1070. The molecule has 0 aliphatic rings. The number of hydrogen-bond acceptors (Lipinski definition) is 4. The van der Waals surface area contributed by atoms with Crippen LogP contribution in [0.4, 0.5) is 5.69 Å². The largest absolute Gasteiger partial charge is 0.506 e. The van der Waals surface area contributed by atoms with Crippen LogP contribution in [0, 0.1) is 7.14 Å². The van der Waals surface area contributed by atoms with E-state index in [-0.39, 0.29) is 11.7 Å². The highest BCUT2D eigenvalue weighted by molar-refractivity contribution is 14.1. The molecule has 6 nitrogen and oxygen atoms in total. The van der Waals surface area contributed by atoms with Gasteiger partial charge in [-0.25, -0.2) is 5.43 Å². The molecule has 0 fully saturated rings. The van der Waals surface area contributed by atoms with Gasteiger partial charge in [0.25, 0.3) is 11.8 Å². The number of anilines is 1. The summed E-state index contributed by atoms with van der Waals surface area (Å²) in [7, 11) is 0. The van der Waals surface area contributed by atoms with Crippen molar-refractivity contribution in [2.75, 3.05) is 5.32 Å². The van der Waals surface area contributed by atoms with Crippen molar-refractivity contribution in [3.05, 3.63) is 90.6 Å². The van der Waals surface area contributed by atoms with Crippen molar-refractivity contribution < 1.29 is 14.7 Å². The summed E-state index contributed by atoms with van der Waals surface area (Å²) in [5, 5.41) is 16.7. The first-order valence-corrected chi connectivity index (χ1v) is 10.6. The molecule has 3 aromatic rings. The van der Waals surface area contributed by atoms with Crippen LogP contribution in [-0.4, -0.2) is 23.1 Å². The van der Waals surface area contributed by atoms with E-state index >= 15 is 0 Å². The molecule has 0 aliphatic heterocycles. The molecule has 29 heavy (non-hydrogen) atoms. The van der Waals surface area contributed by atoms with Crippen LogP contribution in [-0.2, 0) is 0 Å². The molecule has 0 saturated carbocycles. The summed E-state index contributed by atoms with van der Waals surface area (Å²) < 4.78 is 1.65. The first kappa shape index (κ1) is 21.2. The van der Waals surface area contributed by atoms with Crippen molar-refractivity contribution in [3.63, 3.8) is 0 Å². The van der Waals surface area contributed by atoms with E-state index in [9.17, 15) is 14.7 Å². The first-order chi connectivity index (χ1) is 13.9. The molecule has 8 heteroatoms. The molecule has 0 unspecified atom stereocenters. The van der Waals surface area contributed by atoms with Gasteiger partial charge in [0.1, 0.15) is 5.75 Å². The summed E-state index contributed by atoms with van der Waals surface area (Å²) in [6, 6.07) is 19.0. The molecular formula is C21H15I2N3O3. The summed E-state index contributed by atoms with van der Waals surface area (Å²) >= 11 is 4.17. The van der Waals surface area contributed by atoms with Gasteiger partial charge >= 0.3 is 0 Å². The predicted molar refractivity (Wildman–Crippen MR) is 129 cm³/mol. The molecule has 0 aromatic heterocycles. The number of phenolic OH excluding ortho intramolecular Hbond substituents is 1. The average molecular weight is 611 g/mol. The van der Waals surface area contributed by atoms with Gasteiger partial charge in [-0.2, -0.15) is 5.10 Å². The predicted octanol–water partition coefficient (Wildman–Crippen LogP) is 4.62. The first-order valence-electron chi connectivity index (χ1n) is 8.42. The zero-order valence-corrected chi connectivity index (χ0v) is 19.2. The second kappa shape index (κ2) is 9.83. The zero-order valence-electron chi connectivity index (χ0n) is 14.9. The lowest BCUT2D eigenvalue weighted by atomic mass is 10.1. The number of halogens is 2. The van der Waals surface area contributed by atoms with Crippen molar-refractivity contribution in [1.82, 2.24) is 5.43 Å². The molecule has 0 heterocycles. The highest BCUT2D eigenvalue weighted by atomic mass is 127. The Hall–Kier alpha value is -2.47. The normalized spacial score (nSPS) is 10.7. The maximum Gasteiger partial charge on any atom is 0.271 e. The Morgan fingerprint density at radius 2 is 1.55 bits per heavy atom. The van der Waals surface area contributed by atoms with E-state index in [2.05, 4.69) is 38.4 Å². The van der Waals surface area contributed by atoms with E-state index in [1.54, 1.807) is 54.6 Å². The SMILES string of the molecule is O=C(N/N=C/c1cc(I)cc(I)c1O)c1ccc(NC(=O)c2ccccc2)cc1. The third kappa shape index (κ3) is 5.76. The summed E-state index contributed by atoms with van der Waals surface area (Å²) in [5.41, 5.74) is 4.47. The Balaban J connectivity index is 1.61. The molecular weight excluding hydrogens is 596 g/mol. The summed E-state index contributed by atoms with van der Waals surface area (Å²) in [4.78, 5) is 24.4. The number of hydrazone groups is 1. The Labute approximate surface area is 194 Å². The number of amides is 2. The van der Waals surface area contributed by atoms with Gasteiger partial charge in [-0.1, -0.05) is 18.2 Å². The van der Waals surface area contributed by atoms with Gasteiger partial charge in [0.05, 0.1) is 9.78 Å². The molecule has 2 amide bonds. The number of nitrogens with one attached hydrogen (secondary N) is 2. The number of nitrogens with zero attached hydrogens (tertiary/aromatic N) is 1. The van der Waals surface area contributed by atoms with E-state index < -0.39 is 5.91 Å². The maximum atomic E-state index is 12.2. The monoisotopic (exact) mass is 611 g/mol. The number of phenols is 1. The van der Waals surface area contributed by atoms with Crippen LogP contribution in [0.5, 0.6) is 5.75 Å². The number of rotatable bonds is 5. The third-order valence-corrected chi connectivity index (χ3v) is 5.31. The lowest BCUT2D eigenvalue weighted by Crippen LogP contribution is -2.18. The van der Waals surface area contributed by atoms with E-state index in [0.29, 0.717) is 25.9 Å². The summed E-state index contributed by atoms with van der Waals surface area (Å²) in [6.45, 7) is 0. The minimum Gasteiger partial charge on any atom is -0.506 e. The van der Waals surface area contributed by atoms with Crippen LogP contribution in [0.15, 0.2) is 71.8 Å². The van der Waals surface area contributed by atoms with Gasteiger partial charge in [-0.05, 0) is 93.7 Å². The summed E-state index contributed by atoms with van der Waals surface area (Å²) in [6.07, 6.45) is 1.39. The fourth-order valence-corrected chi connectivity index (χ4v) is 4.30. The molecule has 0 aliphatic carbocycles. The fourth-order valence-electron chi connectivity index (χ4n) is 2.41. The zero-order chi connectivity index (χ0) is 20.8. The molecule has 0 saturated heterocycles. The van der Waals surface area contributed by atoms with Crippen LogP contribution < -0.4 is 10.7 Å². The fraction of sp³-hybridized carbons (Fsp3) is 0. The Morgan fingerprint density at radius 1 is 0.897 bits per heavy atom. The second-order valence-electron chi connectivity index (χ2n) is 5.92. The maximum absolute atomic E-state index is 12.2. The average Bonchev–Trinajstić information content (AvgIpc) is 2.72. The molecule has 3 rings (SSSR count). The van der Waals surface area contributed by atoms with Gasteiger partial charge in [-0.3, -0.25) is 9.59 Å². The smallest absolute Gasteiger partial charge is 0.271 e. The van der Waals surface area contributed by atoms with Gasteiger partial charge in [0.2, 0.25) is 0 Å². The number of hydrogen-bond donors (Lipinski definition) is 3. The van der Waals surface area contributed by atoms with Crippen molar-refractivity contribution in [2.24, 2.45) is 5.10 Å². The molecule has 0 bridgehead atoms. The molecule has 0 radical (unpaired) electrons. The van der Waals surface area contributed by atoms with Gasteiger partial charge in [0, 0.05) is 25.9 Å². The van der Waals surface area contributed by atoms with E-state index in [0.717, 1.165) is 3.57 Å². The van der Waals surface area contributed by atoms with Crippen LogP contribution in [0.1, 0.15) is 26.3 Å². The van der Waals surface area contributed by atoms with Crippen LogP contribution in [0.3, 0.4) is 0 Å². The lowest BCUT2D eigenvalue weighted by Gasteiger charge is -2.06. The summed E-state index contributed by atoms with van der Waals surface area (Å²) in [5.74, 6) is -0.510. The molecule has 146 valence electrons. The molecule has 0 spiro atoms. The van der Waals surface area contributed by atoms with Gasteiger partial charge in [0.15, 0.2) is 0 Å². The highest BCUT2D eigenvalue weighted by Gasteiger charge is 2.08. The van der Waals surface area contributed by atoms with Gasteiger partial charge < -0.3 is 10.4 Å². The van der Waals surface area contributed by atoms with Crippen molar-refractivity contribution in [1.29, 1.82) is 0 Å². The lowest BCUT2D eigenvalue weighted by molar-refractivity contribution is 0.0954. The Kier molecular flexibility index (Phi) is 7.20. The number of carbonyl (C=O) groups excluding carboxylic acids is 2. The number of carbonyl (C=O) groups is 2. The number of aromatic hydroxyl groups is 1. The second-order valence-corrected chi connectivity index (χ2v) is 8.33. The van der Waals surface area contributed by atoms with Crippen LogP contribution in [0.25, 0.3) is 0 Å². The Morgan fingerprint density at radius 3 is 2.24 bits per heavy atom. The molecule has 3 N–H and O–H groups in total. The van der Waals surface area contributed by atoms with Crippen molar-refractivity contribution >= 4 is 68.9 Å². The van der Waals surface area contributed by atoms with Crippen LogP contribution >= 0.6 is 45.2 Å². The van der Waals surface area contributed by atoms with E-state index in [1.807, 2.05) is 34.7 Å². The third-order valence-electron chi connectivity index (χ3n) is 3.87. The van der Waals surface area contributed by atoms with E-state index in [1.165, 1.54) is 6.21 Å².